The van der Waals surface area contributed by atoms with Gasteiger partial charge < -0.3 is 20.2 Å². The lowest BCUT2D eigenvalue weighted by Gasteiger charge is -2.17. The van der Waals surface area contributed by atoms with Crippen LogP contribution in [0.15, 0.2) is 65.2 Å². The Bertz CT molecular complexity index is 2130. The summed E-state index contributed by atoms with van der Waals surface area (Å²) in [5.41, 5.74) is 9.47. The topological polar surface area (TPSA) is 150 Å². The number of aliphatic hydroxyl groups is 1. The molecule has 0 saturated heterocycles. The first kappa shape index (κ1) is 29.6. The Labute approximate surface area is 259 Å². The highest BCUT2D eigenvalue weighted by Crippen LogP contribution is 2.37. The van der Waals surface area contributed by atoms with Gasteiger partial charge in [-0.2, -0.15) is 5.26 Å². The molecule has 3 heterocycles. The SMILES string of the molecule is Cc1nc(Nc2cccc(-c3cccc(-c4nc5cc(C=O)cc(C#N)c5o4)c3C)c2C)c2ncc(CNC(C)CO)cc2n1. The Morgan fingerprint density at radius 2 is 1.73 bits per heavy atom. The molecule has 0 spiro atoms. The van der Waals surface area contributed by atoms with Gasteiger partial charge in [0.15, 0.2) is 11.4 Å². The minimum atomic E-state index is -0.0207. The van der Waals surface area contributed by atoms with E-state index >= 15 is 0 Å². The van der Waals surface area contributed by atoms with E-state index in [2.05, 4.69) is 55.7 Å². The van der Waals surface area contributed by atoms with Crippen molar-refractivity contribution in [3.63, 3.8) is 0 Å². The standard InChI is InChI=1S/C35H31N7O3/c1-19(17-43)37-15-24-13-30-32(38-16-24)34(40-22(4)39-30)41-29-10-6-8-27(21(29)3)26-7-5-9-28(20(26)2)35-42-31-12-23(18-44)11-25(14-36)33(31)45-35/h5-13,16,18-19,37,43H,15,17H2,1-4H3,(H,39,40,41). The van der Waals surface area contributed by atoms with E-state index in [9.17, 15) is 15.2 Å². The molecule has 224 valence electrons. The van der Waals surface area contributed by atoms with Gasteiger partial charge in [-0.1, -0.05) is 24.3 Å². The van der Waals surface area contributed by atoms with Gasteiger partial charge >= 0.3 is 0 Å². The molecule has 10 nitrogen and oxygen atoms in total. The van der Waals surface area contributed by atoms with Crippen LogP contribution in [0.3, 0.4) is 0 Å². The maximum atomic E-state index is 11.4. The summed E-state index contributed by atoms with van der Waals surface area (Å²) >= 11 is 0. The summed E-state index contributed by atoms with van der Waals surface area (Å²) in [5, 5.41) is 25.7. The molecule has 3 aromatic carbocycles. The summed E-state index contributed by atoms with van der Waals surface area (Å²) in [6.45, 7) is 8.47. The van der Waals surface area contributed by atoms with E-state index in [1.165, 1.54) is 6.07 Å². The van der Waals surface area contributed by atoms with Crippen LogP contribution in [0, 0.1) is 32.1 Å². The lowest BCUT2D eigenvalue weighted by atomic mass is 9.93. The zero-order valence-corrected chi connectivity index (χ0v) is 25.3. The van der Waals surface area contributed by atoms with Crippen LogP contribution in [0.25, 0.3) is 44.7 Å². The van der Waals surface area contributed by atoms with E-state index in [1.807, 2.05) is 51.1 Å². The third-order valence-corrected chi connectivity index (χ3v) is 7.84. The molecule has 3 aromatic heterocycles. The molecule has 0 saturated carbocycles. The number of pyridine rings is 1. The average Bonchev–Trinajstić information content (AvgIpc) is 3.48. The summed E-state index contributed by atoms with van der Waals surface area (Å²) in [6.07, 6.45) is 2.49. The Hall–Kier alpha value is -5.50. The van der Waals surface area contributed by atoms with E-state index in [1.54, 1.807) is 12.3 Å². The fourth-order valence-corrected chi connectivity index (χ4v) is 5.39. The molecular formula is C35H31N7O3. The Kier molecular flexibility index (Phi) is 8.04. The average molecular weight is 598 g/mol. The van der Waals surface area contributed by atoms with Crippen molar-refractivity contribution in [2.45, 2.75) is 40.3 Å². The van der Waals surface area contributed by atoms with Gasteiger partial charge in [-0.3, -0.25) is 9.78 Å². The molecular weight excluding hydrogens is 566 g/mol. The number of aromatic nitrogens is 4. The monoisotopic (exact) mass is 597 g/mol. The molecule has 0 amide bonds. The predicted molar refractivity (Wildman–Crippen MR) is 173 cm³/mol. The highest BCUT2D eigenvalue weighted by Gasteiger charge is 2.18. The van der Waals surface area contributed by atoms with Crippen LogP contribution < -0.4 is 10.6 Å². The van der Waals surface area contributed by atoms with E-state index in [-0.39, 0.29) is 18.2 Å². The second-order valence-electron chi connectivity index (χ2n) is 11.0. The Balaban J connectivity index is 1.36. The first-order chi connectivity index (χ1) is 21.8. The summed E-state index contributed by atoms with van der Waals surface area (Å²) in [4.78, 5) is 30.0. The molecule has 45 heavy (non-hydrogen) atoms. The van der Waals surface area contributed by atoms with Crippen LogP contribution >= 0.6 is 0 Å². The zero-order valence-electron chi connectivity index (χ0n) is 25.3. The number of aryl methyl sites for hydroxylation is 1. The van der Waals surface area contributed by atoms with E-state index in [4.69, 9.17) is 4.42 Å². The third kappa shape index (κ3) is 5.74. The van der Waals surface area contributed by atoms with Gasteiger partial charge in [-0.05, 0) is 85.8 Å². The molecule has 0 aliphatic carbocycles. The molecule has 0 fully saturated rings. The van der Waals surface area contributed by atoms with Crippen molar-refractivity contribution < 1.29 is 14.3 Å². The molecule has 1 atom stereocenters. The number of carbonyl (C=O) groups excluding carboxylic acids is 1. The fourth-order valence-electron chi connectivity index (χ4n) is 5.39. The highest BCUT2D eigenvalue weighted by molar-refractivity contribution is 5.91. The molecule has 0 radical (unpaired) electrons. The largest absolute Gasteiger partial charge is 0.435 e. The molecule has 0 aliphatic heterocycles. The molecule has 0 aliphatic rings. The summed E-state index contributed by atoms with van der Waals surface area (Å²) in [6, 6.07) is 19.2. The molecule has 0 bridgehead atoms. The number of carbonyl (C=O) groups is 1. The van der Waals surface area contributed by atoms with Crippen molar-refractivity contribution in [2.75, 3.05) is 11.9 Å². The lowest BCUT2D eigenvalue weighted by Crippen LogP contribution is -2.28. The number of aldehydes is 1. The number of hydrogen-bond donors (Lipinski definition) is 3. The smallest absolute Gasteiger partial charge is 0.227 e. The van der Waals surface area contributed by atoms with Crippen molar-refractivity contribution in [3.8, 4) is 28.7 Å². The van der Waals surface area contributed by atoms with Crippen LogP contribution in [-0.4, -0.2) is 44.0 Å². The first-order valence-electron chi connectivity index (χ1n) is 14.5. The normalized spacial score (nSPS) is 11.9. The van der Waals surface area contributed by atoms with Crippen molar-refractivity contribution in [1.29, 1.82) is 5.26 Å². The third-order valence-electron chi connectivity index (χ3n) is 7.84. The van der Waals surface area contributed by atoms with Gasteiger partial charge in [0, 0.05) is 35.6 Å². The zero-order chi connectivity index (χ0) is 31.7. The van der Waals surface area contributed by atoms with Crippen LogP contribution in [-0.2, 0) is 6.54 Å². The molecule has 1 unspecified atom stereocenters. The van der Waals surface area contributed by atoms with Gasteiger partial charge in [0.25, 0.3) is 0 Å². The molecule has 10 heteroatoms. The summed E-state index contributed by atoms with van der Waals surface area (Å²) in [7, 11) is 0. The van der Waals surface area contributed by atoms with E-state index in [0.29, 0.717) is 52.5 Å². The van der Waals surface area contributed by atoms with Crippen molar-refractivity contribution in [3.05, 3.63) is 94.4 Å². The molecule has 6 rings (SSSR count). The van der Waals surface area contributed by atoms with Gasteiger partial charge in [-0.15, -0.1) is 0 Å². The fraction of sp³-hybridized carbons (Fsp3) is 0.200. The Morgan fingerprint density at radius 3 is 2.49 bits per heavy atom. The van der Waals surface area contributed by atoms with Gasteiger partial charge in [0.05, 0.1) is 17.7 Å². The second-order valence-corrected chi connectivity index (χ2v) is 11.0. The minimum absolute atomic E-state index is 0.0207. The number of hydrogen-bond acceptors (Lipinski definition) is 10. The number of aliphatic hydroxyl groups excluding tert-OH is 1. The van der Waals surface area contributed by atoms with Gasteiger partial charge in [0.1, 0.15) is 29.2 Å². The maximum Gasteiger partial charge on any atom is 0.227 e. The second kappa shape index (κ2) is 12.2. The number of anilines is 2. The number of benzene rings is 3. The lowest BCUT2D eigenvalue weighted by molar-refractivity contribution is 0.112. The Morgan fingerprint density at radius 1 is 0.978 bits per heavy atom. The number of rotatable bonds is 9. The maximum absolute atomic E-state index is 11.4. The summed E-state index contributed by atoms with van der Waals surface area (Å²) < 4.78 is 6.08. The van der Waals surface area contributed by atoms with E-state index in [0.717, 1.165) is 44.6 Å². The minimum Gasteiger partial charge on any atom is -0.435 e. The summed E-state index contributed by atoms with van der Waals surface area (Å²) in [5.74, 6) is 1.61. The van der Waals surface area contributed by atoms with Crippen LogP contribution in [0.1, 0.15) is 45.4 Å². The molecule has 6 aromatic rings. The number of oxazole rings is 1. The van der Waals surface area contributed by atoms with Crippen molar-refractivity contribution in [1.82, 2.24) is 25.3 Å². The van der Waals surface area contributed by atoms with Crippen LogP contribution in [0.5, 0.6) is 0 Å². The van der Waals surface area contributed by atoms with Gasteiger partial charge in [-0.25, -0.2) is 15.0 Å². The predicted octanol–water partition coefficient (Wildman–Crippen LogP) is 6.32. The van der Waals surface area contributed by atoms with E-state index < -0.39 is 0 Å². The van der Waals surface area contributed by atoms with Crippen LogP contribution in [0.2, 0.25) is 0 Å². The van der Waals surface area contributed by atoms with Gasteiger partial charge in [0.2, 0.25) is 5.89 Å². The first-order valence-corrected chi connectivity index (χ1v) is 14.5. The van der Waals surface area contributed by atoms with Crippen LogP contribution in [0.4, 0.5) is 11.5 Å². The quantitative estimate of drug-likeness (QED) is 0.162. The van der Waals surface area contributed by atoms with Crippen molar-refractivity contribution >= 4 is 39.9 Å². The van der Waals surface area contributed by atoms with Crippen molar-refractivity contribution in [2.24, 2.45) is 0 Å². The number of nitrogens with zero attached hydrogens (tertiary/aromatic N) is 5. The number of nitriles is 1. The molecule has 3 N–H and O–H groups in total. The number of nitrogens with one attached hydrogen (secondary N) is 2. The highest BCUT2D eigenvalue weighted by atomic mass is 16.3. The number of fused-ring (bicyclic) bond motifs is 2.